The Hall–Kier alpha value is -0.240. The zero-order valence-electron chi connectivity index (χ0n) is 19.4. The van der Waals surface area contributed by atoms with Gasteiger partial charge in [0.1, 0.15) is 0 Å². The predicted octanol–water partition coefficient (Wildman–Crippen LogP) is 2.99. The summed E-state index contributed by atoms with van der Waals surface area (Å²) in [7, 11) is 0. The van der Waals surface area contributed by atoms with Crippen LogP contribution in [0.25, 0.3) is 0 Å². The summed E-state index contributed by atoms with van der Waals surface area (Å²) < 4.78 is 0. The molecule has 6 heteroatoms. The summed E-state index contributed by atoms with van der Waals surface area (Å²) in [6.07, 6.45) is 17.0. The Kier molecular flexibility index (Phi) is 16.1. The number of hydrogen-bond donors (Lipinski definition) is 6. The second kappa shape index (κ2) is 17.3. The predicted molar refractivity (Wildman–Crippen MR) is 123 cm³/mol. The van der Waals surface area contributed by atoms with Crippen LogP contribution in [-0.4, -0.2) is 63.5 Å². The molecular weight excluding hydrogens is 380 g/mol. The molecule has 7 N–H and O–H groups in total. The second-order valence-corrected chi connectivity index (χ2v) is 9.41. The van der Waals surface area contributed by atoms with Crippen LogP contribution in [0.3, 0.4) is 0 Å². The molecule has 0 aromatic rings. The molecule has 30 heavy (non-hydrogen) atoms. The van der Waals surface area contributed by atoms with Crippen molar-refractivity contribution < 1.29 is 20.4 Å². The van der Waals surface area contributed by atoms with Crippen molar-refractivity contribution in [2.75, 3.05) is 6.61 Å². The van der Waals surface area contributed by atoms with Gasteiger partial charge in [0.2, 0.25) is 0 Å². The van der Waals surface area contributed by atoms with Crippen LogP contribution in [0.4, 0.5) is 0 Å². The van der Waals surface area contributed by atoms with Crippen molar-refractivity contribution in [2.24, 2.45) is 5.73 Å². The first-order chi connectivity index (χ1) is 14.5. The monoisotopic (exact) mass is 430 g/mol. The lowest BCUT2D eigenvalue weighted by Gasteiger charge is -2.21. The van der Waals surface area contributed by atoms with Crippen LogP contribution in [0.5, 0.6) is 0 Å². The van der Waals surface area contributed by atoms with Gasteiger partial charge in [-0.1, -0.05) is 96.8 Å². The summed E-state index contributed by atoms with van der Waals surface area (Å²) in [6, 6.07) is -1.08. The van der Waals surface area contributed by atoms with Crippen LogP contribution in [0.15, 0.2) is 0 Å². The topological polar surface area (TPSA) is 119 Å². The zero-order chi connectivity index (χ0) is 22.2. The zero-order valence-corrected chi connectivity index (χ0v) is 19.4. The quantitative estimate of drug-likeness (QED) is 0.175. The van der Waals surface area contributed by atoms with E-state index in [1.165, 1.54) is 83.5 Å². The van der Waals surface area contributed by atoms with Crippen LogP contribution in [0, 0.1) is 0 Å². The molecule has 1 aliphatic heterocycles. The van der Waals surface area contributed by atoms with E-state index in [4.69, 9.17) is 10.8 Å². The maximum atomic E-state index is 10.2. The fourth-order valence-electron chi connectivity index (χ4n) is 4.60. The molecule has 0 aliphatic carbocycles. The third-order valence-electron chi connectivity index (χ3n) is 6.62. The molecule has 0 aromatic carbocycles. The smallest absolute Gasteiger partial charge is 0.0993 e. The Bertz CT molecular complexity index is 399. The Labute approximate surface area is 184 Å². The molecule has 1 heterocycles. The molecule has 0 unspecified atom stereocenters. The minimum Gasteiger partial charge on any atom is -0.394 e. The highest BCUT2D eigenvalue weighted by molar-refractivity contribution is 5.01. The van der Waals surface area contributed by atoms with Crippen LogP contribution < -0.4 is 11.1 Å². The normalized spacial score (nSPS) is 26.2. The van der Waals surface area contributed by atoms with E-state index < -0.39 is 31.0 Å². The van der Waals surface area contributed by atoms with E-state index >= 15 is 0 Å². The largest absolute Gasteiger partial charge is 0.394 e. The summed E-state index contributed by atoms with van der Waals surface area (Å²) in [5.74, 6) is 0. The lowest BCUT2D eigenvalue weighted by atomic mass is 9.97. The number of nitrogens with two attached hydrogens (primary N) is 1. The summed E-state index contributed by atoms with van der Waals surface area (Å²) in [5.41, 5.74) is 6.22. The molecule has 1 saturated heterocycles. The fourth-order valence-corrected chi connectivity index (χ4v) is 4.60. The summed E-state index contributed by atoms with van der Waals surface area (Å²) in [5, 5.41) is 42.0. The fraction of sp³-hybridized carbons (Fsp3) is 1.00. The molecule has 0 radical (unpaired) electrons. The van der Waals surface area contributed by atoms with Crippen LogP contribution >= 0.6 is 0 Å². The number of aliphatic hydroxyl groups excluding tert-OH is 4. The van der Waals surface area contributed by atoms with Crippen LogP contribution in [0.2, 0.25) is 0 Å². The van der Waals surface area contributed by atoms with Crippen molar-refractivity contribution in [3.05, 3.63) is 0 Å². The van der Waals surface area contributed by atoms with Gasteiger partial charge < -0.3 is 31.5 Å². The maximum Gasteiger partial charge on any atom is 0.0993 e. The highest BCUT2D eigenvalue weighted by Crippen LogP contribution is 2.21. The van der Waals surface area contributed by atoms with Crippen molar-refractivity contribution >= 4 is 0 Å². The van der Waals surface area contributed by atoms with Gasteiger partial charge in [0.05, 0.1) is 31.0 Å². The van der Waals surface area contributed by atoms with Crippen molar-refractivity contribution in [3.8, 4) is 0 Å². The lowest BCUT2D eigenvalue weighted by molar-refractivity contribution is -0.0134. The molecule has 1 aliphatic rings. The van der Waals surface area contributed by atoms with Crippen LogP contribution in [0.1, 0.15) is 110 Å². The molecular formula is C24H50N2O4. The average molecular weight is 431 g/mol. The molecule has 0 saturated carbocycles. The molecule has 6 nitrogen and oxygen atoms in total. The summed E-state index contributed by atoms with van der Waals surface area (Å²) >= 11 is 0. The van der Waals surface area contributed by atoms with Crippen LogP contribution in [-0.2, 0) is 0 Å². The van der Waals surface area contributed by atoms with Crippen molar-refractivity contribution in [1.82, 2.24) is 5.32 Å². The molecule has 0 aromatic heterocycles. The molecule has 0 amide bonds. The Morgan fingerprint density at radius 3 is 1.70 bits per heavy atom. The molecule has 0 spiro atoms. The first kappa shape index (κ1) is 27.8. The van der Waals surface area contributed by atoms with Gasteiger partial charge >= 0.3 is 0 Å². The first-order valence-corrected chi connectivity index (χ1v) is 12.7. The first-order valence-electron chi connectivity index (χ1n) is 12.7. The molecule has 1 fully saturated rings. The standard InChI is InChI=1S/C24H50N2O4/c1-2-3-4-5-6-7-8-9-10-11-12-13-14-15-16-19(25)17-20-23(29)24(30)22(26-20)21(28)18-27/h19-24,26-30H,2-18,25H2,1H3/t19-,20-,21+,22-,23-,24-/m0/s1. The third-order valence-corrected chi connectivity index (χ3v) is 6.62. The van der Waals surface area contributed by atoms with E-state index in [1.807, 2.05) is 0 Å². The van der Waals surface area contributed by atoms with Gasteiger partial charge in [0.15, 0.2) is 0 Å². The highest BCUT2D eigenvalue weighted by atomic mass is 16.3. The molecule has 6 atom stereocenters. The molecule has 180 valence electrons. The Balaban J connectivity index is 1.95. The van der Waals surface area contributed by atoms with Crippen molar-refractivity contribution in [1.29, 1.82) is 0 Å². The Morgan fingerprint density at radius 2 is 1.23 bits per heavy atom. The summed E-state index contributed by atoms with van der Waals surface area (Å²) in [6.45, 7) is 1.82. The van der Waals surface area contributed by atoms with E-state index in [1.54, 1.807) is 0 Å². The van der Waals surface area contributed by atoms with E-state index in [0.29, 0.717) is 6.42 Å². The minimum atomic E-state index is -1.08. The maximum absolute atomic E-state index is 10.2. The van der Waals surface area contributed by atoms with Gasteiger partial charge in [0.25, 0.3) is 0 Å². The van der Waals surface area contributed by atoms with E-state index in [0.717, 1.165) is 12.8 Å². The number of aliphatic hydroxyl groups is 4. The Morgan fingerprint density at radius 1 is 0.767 bits per heavy atom. The van der Waals surface area contributed by atoms with Crippen molar-refractivity contribution in [3.63, 3.8) is 0 Å². The van der Waals surface area contributed by atoms with Gasteiger partial charge in [-0.3, -0.25) is 0 Å². The number of rotatable bonds is 19. The SMILES string of the molecule is CCCCCCCCCCCCCCCC[C@H](N)C[C@@H]1N[C@@H]([C@H](O)CO)[C@H](O)[C@H]1O. The van der Waals surface area contributed by atoms with Gasteiger partial charge in [-0.25, -0.2) is 0 Å². The van der Waals surface area contributed by atoms with Crippen molar-refractivity contribution in [2.45, 2.75) is 146 Å². The number of nitrogens with one attached hydrogen (secondary N) is 1. The van der Waals surface area contributed by atoms with E-state index in [-0.39, 0.29) is 12.1 Å². The van der Waals surface area contributed by atoms with Gasteiger partial charge in [-0.2, -0.15) is 0 Å². The summed E-state index contributed by atoms with van der Waals surface area (Å²) in [4.78, 5) is 0. The lowest BCUT2D eigenvalue weighted by Crippen LogP contribution is -2.45. The molecule has 0 bridgehead atoms. The minimum absolute atomic E-state index is 0.0355. The van der Waals surface area contributed by atoms with E-state index in [2.05, 4.69) is 12.2 Å². The molecule has 1 rings (SSSR count). The van der Waals surface area contributed by atoms with Gasteiger partial charge in [0, 0.05) is 12.1 Å². The number of unbranched alkanes of at least 4 members (excludes halogenated alkanes) is 13. The number of hydrogen-bond acceptors (Lipinski definition) is 6. The average Bonchev–Trinajstić information content (AvgIpc) is 3.01. The highest BCUT2D eigenvalue weighted by Gasteiger charge is 2.44. The van der Waals surface area contributed by atoms with E-state index in [9.17, 15) is 15.3 Å². The second-order valence-electron chi connectivity index (χ2n) is 9.41. The van der Waals surface area contributed by atoms with Gasteiger partial charge in [-0.05, 0) is 12.8 Å². The van der Waals surface area contributed by atoms with Gasteiger partial charge in [-0.15, -0.1) is 0 Å². The third kappa shape index (κ3) is 11.4.